The van der Waals surface area contributed by atoms with Crippen molar-refractivity contribution in [2.45, 2.75) is 32.7 Å². The van der Waals surface area contributed by atoms with E-state index in [1.807, 2.05) is 13.8 Å². The van der Waals surface area contributed by atoms with Gasteiger partial charge in [-0.05, 0) is 26.7 Å². The summed E-state index contributed by atoms with van der Waals surface area (Å²) in [4.78, 5) is 13.7. The first-order valence-electron chi connectivity index (χ1n) is 6.28. The molecule has 0 rings (SSSR count). The highest BCUT2D eigenvalue weighted by Crippen LogP contribution is 2.01. The predicted molar refractivity (Wildman–Crippen MR) is 67.8 cm³/mol. The summed E-state index contributed by atoms with van der Waals surface area (Å²) in [6, 6.07) is -0.424. The van der Waals surface area contributed by atoms with Crippen LogP contribution in [0.3, 0.4) is 0 Å². The minimum absolute atomic E-state index is 0.00306. The zero-order chi connectivity index (χ0) is 13.1. The van der Waals surface area contributed by atoms with Crippen molar-refractivity contribution in [1.29, 1.82) is 0 Å². The Morgan fingerprint density at radius 1 is 1.35 bits per heavy atom. The highest BCUT2D eigenvalue weighted by Gasteiger charge is 2.18. The molecule has 5 heteroatoms. The quantitative estimate of drug-likeness (QED) is 0.574. The van der Waals surface area contributed by atoms with Crippen LogP contribution in [0.25, 0.3) is 0 Å². The molecule has 0 saturated carbocycles. The van der Waals surface area contributed by atoms with Crippen LogP contribution in [-0.4, -0.2) is 56.9 Å². The van der Waals surface area contributed by atoms with E-state index in [0.29, 0.717) is 39.3 Å². The summed E-state index contributed by atoms with van der Waals surface area (Å²) in [7, 11) is 1.65. The van der Waals surface area contributed by atoms with E-state index in [0.717, 1.165) is 6.42 Å². The van der Waals surface area contributed by atoms with Crippen molar-refractivity contribution in [2.24, 2.45) is 5.73 Å². The zero-order valence-corrected chi connectivity index (χ0v) is 11.3. The molecular weight excluding hydrogens is 220 g/mol. The number of carbonyl (C=O) groups excluding carboxylic acids is 1. The molecule has 0 spiro atoms. The number of rotatable bonds is 10. The predicted octanol–water partition coefficient (Wildman–Crippen LogP) is 0.625. The summed E-state index contributed by atoms with van der Waals surface area (Å²) < 4.78 is 10.2. The lowest BCUT2D eigenvalue weighted by atomic mass is 10.1. The van der Waals surface area contributed by atoms with Crippen LogP contribution in [0.15, 0.2) is 0 Å². The van der Waals surface area contributed by atoms with Crippen LogP contribution in [0, 0.1) is 0 Å². The van der Waals surface area contributed by atoms with Crippen LogP contribution in [0.2, 0.25) is 0 Å². The molecule has 102 valence electrons. The first kappa shape index (κ1) is 16.4. The van der Waals surface area contributed by atoms with Gasteiger partial charge < -0.3 is 20.1 Å². The van der Waals surface area contributed by atoms with Gasteiger partial charge in [0.05, 0.1) is 12.6 Å². The lowest BCUT2D eigenvalue weighted by molar-refractivity contribution is -0.133. The number of hydrogen-bond acceptors (Lipinski definition) is 4. The molecule has 0 bridgehead atoms. The second-order valence-corrected chi connectivity index (χ2v) is 3.86. The Hall–Kier alpha value is -0.650. The fraction of sp³-hybridized carbons (Fsp3) is 0.917. The SMILES string of the molecule is CCOCCN(CC)C(=O)C(N)CCCOC. The molecule has 0 aromatic carbocycles. The second-order valence-electron chi connectivity index (χ2n) is 3.86. The lowest BCUT2D eigenvalue weighted by Crippen LogP contribution is -2.45. The third kappa shape index (κ3) is 7.31. The minimum atomic E-state index is -0.424. The maximum atomic E-state index is 12.0. The Balaban J connectivity index is 3.95. The number of nitrogens with zero attached hydrogens (tertiary/aromatic N) is 1. The average Bonchev–Trinajstić information content (AvgIpc) is 2.34. The van der Waals surface area contributed by atoms with Gasteiger partial charge in [0.1, 0.15) is 0 Å². The molecule has 0 fully saturated rings. The number of nitrogens with two attached hydrogens (primary N) is 1. The summed E-state index contributed by atoms with van der Waals surface area (Å²) in [5, 5.41) is 0. The Kier molecular flexibility index (Phi) is 10.1. The molecule has 5 nitrogen and oxygen atoms in total. The first-order valence-corrected chi connectivity index (χ1v) is 6.28. The zero-order valence-electron chi connectivity index (χ0n) is 11.3. The number of amides is 1. The molecule has 1 atom stereocenters. The Labute approximate surface area is 104 Å². The van der Waals surface area contributed by atoms with Gasteiger partial charge in [0, 0.05) is 33.4 Å². The van der Waals surface area contributed by atoms with E-state index < -0.39 is 6.04 Å². The van der Waals surface area contributed by atoms with Gasteiger partial charge in [0.15, 0.2) is 0 Å². The molecule has 0 aliphatic carbocycles. The fourth-order valence-electron chi connectivity index (χ4n) is 1.55. The van der Waals surface area contributed by atoms with Gasteiger partial charge in [0.25, 0.3) is 0 Å². The summed E-state index contributed by atoms with van der Waals surface area (Å²) in [5.41, 5.74) is 5.85. The van der Waals surface area contributed by atoms with E-state index in [1.54, 1.807) is 12.0 Å². The standard InChI is InChI=1S/C12H26N2O3/c1-4-14(8-10-17-5-2)12(15)11(13)7-6-9-16-3/h11H,4-10,13H2,1-3H3. The monoisotopic (exact) mass is 246 g/mol. The van der Waals surface area contributed by atoms with Crippen LogP contribution in [0.4, 0.5) is 0 Å². The topological polar surface area (TPSA) is 64.8 Å². The van der Waals surface area contributed by atoms with Crippen LogP contribution in [0.5, 0.6) is 0 Å². The van der Waals surface area contributed by atoms with Crippen molar-refractivity contribution in [1.82, 2.24) is 4.90 Å². The van der Waals surface area contributed by atoms with E-state index in [4.69, 9.17) is 15.2 Å². The Morgan fingerprint density at radius 2 is 2.06 bits per heavy atom. The second kappa shape index (κ2) is 10.5. The maximum absolute atomic E-state index is 12.0. The number of ether oxygens (including phenoxy) is 2. The Bertz CT molecular complexity index is 200. The van der Waals surface area contributed by atoms with Gasteiger partial charge in [-0.3, -0.25) is 4.79 Å². The summed E-state index contributed by atoms with van der Waals surface area (Å²) in [6.45, 7) is 7.06. The van der Waals surface area contributed by atoms with Gasteiger partial charge in [-0.2, -0.15) is 0 Å². The van der Waals surface area contributed by atoms with Crippen molar-refractivity contribution in [3.63, 3.8) is 0 Å². The molecule has 0 saturated heterocycles. The molecule has 0 aliphatic heterocycles. The van der Waals surface area contributed by atoms with Crippen molar-refractivity contribution in [2.75, 3.05) is 40.0 Å². The van der Waals surface area contributed by atoms with Crippen LogP contribution >= 0.6 is 0 Å². The van der Waals surface area contributed by atoms with E-state index >= 15 is 0 Å². The van der Waals surface area contributed by atoms with Crippen LogP contribution < -0.4 is 5.73 Å². The van der Waals surface area contributed by atoms with Crippen molar-refractivity contribution >= 4 is 5.91 Å². The maximum Gasteiger partial charge on any atom is 0.239 e. The molecule has 0 heterocycles. The van der Waals surface area contributed by atoms with Gasteiger partial charge in [-0.25, -0.2) is 0 Å². The van der Waals surface area contributed by atoms with Gasteiger partial charge in [-0.15, -0.1) is 0 Å². The molecule has 0 aromatic heterocycles. The molecule has 17 heavy (non-hydrogen) atoms. The number of carbonyl (C=O) groups is 1. The van der Waals surface area contributed by atoms with Crippen LogP contribution in [0.1, 0.15) is 26.7 Å². The summed E-state index contributed by atoms with van der Waals surface area (Å²) >= 11 is 0. The van der Waals surface area contributed by atoms with E-state index in [9.17, 15) is 4.79 Å². The fourth-order valence-corrected chi connectivity index (χ4v) is 1.55. The van der Waals surface area contributed by atoms with Crippen molar-refractivity contribution in [3.05, 3.63) is 0 Å². The summed E-state index contributed by atoms with van der Waals surface area (Å²) in [6.07, 6.45) is 1.48. The molecule has 0 aliphatic rings. The average molecular weight is 246 g/mol. The normalized spacial score (nSPS) is 12.5. The highest BCUT2D eigenvalue weighted by molar-refractivity contribution is 5.81. The summed E-state index contributed by atoms with van der Waals surface area (Å²) in [5.74, 6) is 0.00306. The molecular formula is C12H26N2O3. The first-order chi connectivity index (χ1) is 8.17. The highest BCUT2D eigenvalue weighted by atomic mass is 16.5. The molecule has 1 amide bonds. The Morgan fingerprint density at radius 3 is 2.59 bits per heavy atom. The lowest BCUT2D eigenvalue weighted by Gasteiger charge is -2.24. The van der Waals surface area contributed by atoms with Gasteiger partial charge in [-0.1, -0.05) is 0 Å². The number of hydrogen-bond donors (Lipinski definition) is 1. The largest absolute Gasteiger partial charge is 0.385 e. The molecule has 0 radical (unpaired) electrons. The van der Waals surface area contributed by atoms with Crippen molar-refractivity contribution in [3.8, 4) is 0 Å². The number of methoxy groups -OCH3 is 1. The number of likely N-dealkylation sites (N-methyl/N-ethyl adjacent to an activating group) is 1. The van der Waals surface area contributed by atoms with Crippen molar-refractivity contribution < 1.29 is 14.3 Å². The smallest absolute Gasteiger partial charge is 0.239 e. The molecule has 2 N–H and O–H groups in total. The molecule has 0 aromatic rings. The molecule has 1 unspecified atom stereocenters. The van der Waals surface area contributed by atoms with Gasteiger partial charge >= 0.3 is 0 Å². The third-order valence-corrected chi connectivity index (χ3v) is 2.58. The third-order valence-electron chi connectivity index (χ3n) is 2.58. The van der Waals surface area contributed by atoms with Crippen LogP contribution in [-0.2, 0) is 14.3 Å². The van der Waals surface area contributed by atoms with Gasteiger partial charge in [0.2, 0.25) is 5.91 Å². The van der Waals surface area contributed by atoms with E-state index in [-0.39, 0.29) is 5.91 Å². The minimum Gasteiger partial charge on any atom is -0.385 e. The van der Waals surface area contributed by atoms with E-state index in [2.05, 4.69) is 0 Å². The van der Waals surface area contributed by atoms with E-state index in [1.165, 1.54) is 0 Å².